The minimum Gasteiger partial charge on any atom is -0.356 e. The molecule has 0 aliphatic rings. The van der Waals surface area contributed by atoms with Crippen LogP contribution in [0.2, 0.25) is 0 Å². The van der Waals surface area contributed by atoms with Crippen molar-refractivity contribution in [3.05, 3.63) is 0 Å². The van der Waals surface area contributed by atoms with Crippen molar-refractivity contribution in [2.45, 2.75) is 38.6 Å². The zero-order valence-electron chi connectivity index (χ0n) is 10.0. The topological polar surface area (TPSA) is 89.3 Å². The van der Waals surface area contributed by atoms with E-state index in [2.05, 4.69) is 5.32 Å². The normalized spacial score (nSPS) is 13.4. The first-order valence-electron chi connectivity index (χ1n) is 5.55. The summed E-state index contributed by atoms with van der Waals surface area (Å²) in [6, 6.07) is -0.0973. The maximum atomic E-state index is 11.3. The molecule has 0 aliphatic heterocycles. The number of nitrogens with two attached hydrogens (primary N) is 1. The minimum atomic E-state index is -2.93. The van der Waals surface area contributed by atoms with Gasteiger partial charge in [-0.1, -0.05) is 13.3 Å². The van der Waals surface area contributed by atoms with Gasteiger partial charge in [0.1, 0.15) is 9.84 Å². The van der Waals surface area contributed by atoms with Crippen molar-refractivity contribution in [3.63, 3.8) is 0 Å². The minimum absolute atomic E-state index is 0.0973. The molecule has 3 N–H and O–H groups in total. The quantitative estimate of drug-likeness (QED) is 0.596. The van der Waals surface area contributed by atoms with Gasteiger partial charge in [0, 0.05) is 25.3 Å². The summed E-state index contributed by atoms with van der Waals surface area (Å²) in [5.74, 6) is 0.00309. The molecule has 1 atom stereocenters. The van der Waals surface area contributed by atoms with Gasteiger partial charge in [-0.2, -0.15) is 0 Å². The molecule has 0 rings (SSSR count). The maximum Gasteiger partial charge on any atom is 0.221 e. The number of sulfone groups is 1. The predicted molar refractivity (Wildman–Crippen MR) is 64.8 cm³/mol. The van der Waals surface area contributed by atoms with Crippen LogP contribution >= 0.6 is 0 Å². The van der Waals surface area contributed by atoms with E-state index in [0.29, 0.717) is 19.4 Å². The standard InChI is InChI=1S/C10H22N2O3S/c1-3-5-9(11)8-10(13)12-6-4-7-16(2,14)15/h9H,3-8,11H2,1-2H3,(H,12,13). The molecule has 6 heteroatoms. The fraction of sp³-hybridized carbons (Fsp3) is 0.900. The van der Waals surface area contributed by atoms with Crippen LogP contribution < -0.4 is 11.1 Å². The van der Waals surface area contributed by atoms with Crippen LogP contribution in [-0.4, -0.2) is 38.9 Å². The van der Waals surface area contributed by atoms with E-state index >= 15 is 0 Å². The van der Waals surface area contributed by atoms with Gasteiger partial charge in [-0.15, -0.1) is 0 Å². The Balaban J connectivity index is 3.59. The third-order valence-electron chi connectivity index (χ3n) is 2.12. The van der Waals surface area contributed by atoms with Gasteiger partial charge < -0.3 is 11.1 Å². The Morgan fingerprint density at radius 3 is 2.56 bits per heavy atom. The molecule has 0 saturated carbocycles. The predicted octanol–water partition coefficient (Wildman–Crippen LogP) is 0.0548. The fourth-order valence-corrected chi connectivity index (χ4v) is 2.01. The lowest BCUT2D eigenvalue weighted by atomic mass is 10.1. The highest BCUT2D eigenvalue weighted by atomic mass is 32.2. The molecule has 0 spiro atoms. The van der Waals surface area contributed by atoms with Gasteiger partial charge in [0.05, 0.1) is 5.75 Å². The van der Waals surface area contributed by atoms with Crippen molar-refractivity contribution in [2.24, 2.45) is 5.73 Å². The second-order valence-corrected chi connectivity index (χ2v) is 6.35. The fourth-order valence-electron chi connectivity index (χ4n) is 1.35. The monoisotopic (exact) mass is 250 g/mol. The van der Waals surface area contributed by atoms with E-state index in [1.54, 1.807) is 0 Å². The van der Waals surface area contributed by atoms with E-state index in [0.717, 1.165) is 12.8 Å². The molecule has 0 aliphatic carbocycles. The molecular formula is C10H22N2O3S. The zero-order chi connectivity index (χ0) is 12.6. The van der Waals surface area contributed by atoms with Gasteiger partial charge in [-0.05, 0) is 12.8 Å². The summed E-state index contributed by atoms with van der Waals surface area (Å²) in [6.07, 6.45) is 3.74. The third-order valence-corrected chi connectivity index (χ3v) is 3.15. The van der Waals surface area contributed by atoms with Crippen LogP contribution in [-0.2, 0) is 14.6 Å². The lowest BCUT2D eigenvalue weighted by Crippen LogP contribution is -2.32. The lowest BCUT2D eigenvalue weighted by molar-refractivity contribution is -0.121. The third kappa shape index (κ3) is 9.92. The molecule has 1 unspecified atom stereocenters. The Bertz CT molecular complexity index is 301. The highest BCUT2D eigenvalue weighted by Crippen LogP contribution is 1.98. The van der Waals surface area contributed by atoms with Crippen LogP contribution in [0.25, 0.3) is 0 Å². The van der Waals surface area contributed by atoms with Gasteiger partial charge in [0.2, 0.25) is 5.91 Å². The van der Waals surface area contributed by atoms with Crippen LogP contribution in [0.1, 0.15) is 32.6 Å². The number of nitrogens with one attached hydrogen (secondary N) is 1. The van der Waals surface area contributed by atoms with Crippen molar-refractivity contribution in [3.8, 4) is 0 Å². The first kappa shape index (κ1) is 15.4. The Morgan fingerprint density at radius 2 is 2.06 bits per heavy atom. The SMILES string of the molecule is CCCC(N)CC(=O)NCCCS(C)(=O)=O. The Hall–Kier alpha value is -0.620. The van der Waals surface area contributed by atoms with E-state index in [9.17, 15) is 13.2 Å². The van der Waals surface area contributed by atoms with E-state index in [1.807, 2.05) is 6.92 Å². The van der Waals surface area contributed by atoms with Crippen molar-refractivity contribution in [1.82, 2.24) is 5.32 Å². The second-order valence-electron chi connectivity index (χ2n) is 4.09. The van der Waals surface area contributed by atoms with Crippen molar-refractivity contribution >= 4 is 15.7 Å². The summed E-state index contributed by atoms with van der Waals surface area (Å²) in [4.78, 5) is 11.3. The first-order valence-corrected chi connectivity index (χ1v) is 7.61. The van der Waals surface area contributed by atoms with Crippen LogP contribution in [0.3, 0.4) is 0 Å². The summed E-state index contributed by atoms with van der Waals surface area (Å²) in [6.45, 7) is 2.41. The summed E-state index contributed by atoms with van der Waals surface area (Å²) in [5.41, 5.74) is 5.70. The van der Waals surface area contributed by atoms with Gasteiger partial charge in [-0.3, -0.25) is 4.79 Å². The average molecular weight is 250 g/mol. The summed E-state index contributed by atoms with van der Waals surface area (Å²) >= 11 is 0. The molecule has 0 bridgehead atoms. The molecule has 0 aromatic heterocycles. The van der Waals surface area contributed by atoms with Crippen molar-refractivity contribution in [2.75, 3.05) is 18.6 Å². The van der Waals surface area contributed by atoms with Crippen molar-refractivity contribution < 1.29 is 13.2 Å². The largest absolute Gasteiger partial charge is 0.356 e. The Kier molecular flexibility index (Phi) is 7.33. The molecule has 0 saturated heterocycles. The highest BCUT2D eigenvalue weighted by molar-refractivity contribution is 7.90. The van der Waals surface area contributed by atoms with E-state index in [-0.39, 0.29) is 17.7 Å². The molecule has 0 aromatic carbocycles. The molecule has 1 amide bonds. The van der Waals surface area contributed by atoms with Crippen LogP contribution in [0.4, 0.5) is 0 Å². The zero-order valence-corrected chi connectivity index (χ0v) is 10.8. The molecule has 96 valence electrons. The Labute approximate surface area is 97.7 Å². The number of amides is 1. The molecule has 0 radical (unpaired) electrons. The molecule has 0 aromatic rings. The number of hydrogen-bond acceptors (Lipinski definition) is 4. The van der Waals surface area contributed by atoms with Crippen LogP contribution in [0.15, 0.2) is 0 Å². The maximum absolute atomic E-state index is 11.3. The van der Waals surface area contributed by atoms with Crippen molar-refractivity contribution in [1.29, 1.82) is 0 Å². The lowest BCUT2D eigenvalue weighted by Gasteiger charge is -2.10. The summed E-state index contributed by atoms with van der Waals surface area (Å²) < 4.78 is 21.6. The van der Waals surface area contributed by atoms with Crippen LogP contribution in [0, 0.1) is 0 Å². The highest BCUT2D eigenvalue weighted by Gasteiger charge is 2.08. The first-order chi connectivity index (χ1) is 7.35. The summed E-state index contributed by atoms with van der Waals surface area (Å²) in [7, 11) is -2.93. The van der Waals surface area contributed by atoms with Gasteiger partial charge in [0.25, 0.3) is 0 Å². The van der Waals surface area contributed by atoms with Gasteiger partial charge >= 0.3 is 0 Å². The molecule has 0 fully saturated rings. The average Bonchev–Trinajstić information content (AvgIpc) is 2.11. The smallest absolute Gasteiger partial charge is 0.221 e. The van der Waals surface area contributed by atoms with E-state index in [4.69, 9.17) is 5.73 Å². The number of hydrogen-bond donors (Lipinski definition) is 2. The van der Waals surface area contributed by atoms with E-state index < -0.39 is 9.84 Å². The summed E-state index contributed by atoms with van der Waals surface area (Å²) in [5, 5.41) is 2.66. The molecule has 5 nitrogen and oxygen atoms in total. The van der Waals surface area contributed by atoms with E-state index in [1.165, 1.54) is 6.26 Å². The molecule has 0 heterocycles. The molecular weight excluding hydrogens is 228 g/mol. The number of carbonyl (C=O) groups excluding carboxylic acids is 1. The van der Waals surface area contributed by atoms with Gasteiger partial charge in [-0.25, -0.2) is 8.42 Å². The van der Waals surface area contributed by atoms with Gasteiger partial charge in [0.15, 0.2) is 0 Å². The Morgan fingerprint density at radius 1 is 1.44 bits per heavy atom. The molecule has 16 heavy (non-hydrogen) atoms. The number of rotatable bonds is 8. The number of carbonyl (C=O) groups is 1. The second kappa shape index (κ2) is 7.62. The van der Waals surface area contributed by atoms with Crippen LogP contribution in [0.5, 0.6) is 0 Å².